The minimum Gasteiger partial charge on any atom is -0.359 e. The minimum atomic E-state index is -0.167. The van der Waals surface area contributed by atoms with Gasteiger partial charge >= 0.3 is 0 Å². The third-order valence-corrected chi connectivity index (χ3v) is 3.89. The van der Waals surface area contributed by atoms with Gasteiger partial charge in [0.25, 0.3) is 5.91 Å². The molecule has 3 heterocycles. The lowest BCUT2D eigenvalue weighted by Crippen LogP contribution is -2.12. The number of carbonyl (C=O) groups excluding carboxylic acids is 1. The van der Waals surface area contributed by atoms with Crippen molar-refractivity contribution in [1.82, 2.24) is 19.6 Å². The van der Waals surface area contributed by atoms with Crippen LogP contribution in [0.15, 0.2) is 42.6 Å². The van der Waals surface area contributed by atoms with Crippen molar-refractivity contribution in [2.75, 3.05) is 5.32 Å². The molecule has 0 aliphatic carbocycles. The van der Waals surface area contributed by atoms with Crippen LogP contribution in [-0.2, 0) is 0 Å². The highest BCUT2D eigenvalue weighted by Crippen LogP contribution is 2.24. The van der Waals surface area contributed by atoms with E-state index in [-0.39, 0.29) is 5.91 Å². The largest absolute Gasteiger partial charge is 0.359 e. The van der Waals surface area contributed by atoms with Gasteiger partial charge in [-0.05, 0) is 44.2 Å². The molecule has 23 heavy (non-hydrogen) atoms. The predicted octanol–water partition coefficient (Wildman–Crippen LogP) is 3.08. The van der Waals surface area contributed by atoms with Crippen LogP contribution in [0.3, 0.4) is 0 Å². The van der Waals surface area contributed by atoms with Crippen LogP contribution in [0.1, 0.15) is 21.9 Å². The van der Waals surface area contributed by atoms with Crippen molar-refractivity contribution in [1.29, 1.82) is 0 Å². The first kappa shape index (κ1) is 13.5. The van der Waals surface area contributed by atoms with Gasteiger partial charge in [-0.1, -0.05) is 6.07 Å². The molecule has 1 amide bonds. The van der Waals surface area contributed by atoms with Crippen LogP contribution in [0.2, 0.25) is 0 Å². The topological polar surface area (TPSA) is 75.1 Å². The molecule has 4 rings (SSSR count). The van der Waals surface area contributed by atoms with E-state index in [1.807, 2.05) is 42.5 Å². The van der Waals surface area contributed by atoms with E-state index in [9.17, 15) is 4.79 Å². The molecule has 0 atom stereocenters. The van der Waals surface area contributed by atoms with E-state index in [4.69, 9.17) is 0 Å². The quantitative estimate of drug-likeness (QED) is 0.597. The number of anilines is 1. The lowest BCUT2D eigenvalue weighted by atomic mass is 10.2. The smallest absolute Gasteiger partial charge is 0.255 e. The van der Waals surface area contributed by atoms with Crippen LogP contribution >= 0.6 is 0 Å². The second-order valence-electron chi connectivity index (χ2n) is 5.56. The molecule has 3 aromatic heterocycles. The highest BCUT2D eigenvalue weighted by Gasteiger charge is 2.11. The van der Waals surface area contributed by atoms with Crippen LogP contribution in [0.4, 0.5) is 5.69 Å². The SMILES string of the molecule is Cc1cc2c(NC(=O)c3ccn4c(C)nnc4c3)cccc2[nH]1. The number of hydrogen-bond donors (Lipinski definition) is 2. The summed E-state index contributed by atoms with van der Waals surface area (Å²) in [5.74, 6) is 0.624. The molecule has 0 spiro atoms. The van der Waals surface area contributed by atoms with Crippen LogP contribution in [0.5, 0.6) is 0 Å². The summed E-state index contributed by atoms with van der Waals surface area (Å²) in [7, 11) is 0. The molecule has 0 radical (unpaired) electrons. The lowest BCUT2D eigenvalue weighted by Gasteiger charge is -2.07. The van der Waals surface area contributed by atoms with E-state index in [1.165, 1.54) is 0 Å². The summed E-state index contributed by atoms with van der Waals surface area (Å²) >= 11 is 0. The number of fused-ring (bicyclic) bond motifs is 2. The van der Waals surface area contributed by atoms with E-state index >= 15 is 0 Å². The van der Waals surface area contributed by atoms with Gasteiger partial charge in [0, 0.05) is 28.4 Å². The van der Waals surface area contributed by atoms with Gasteiger partial charge in [-0.3, -0.25) is 9.20 Å². The monoisotopic (exact) mass is 305 g/mol. The second kappa shape index (κ2) is 4.95. The van der Waals surface area contributed by atoms with Crippen molar-refractivity contribution in [2.45, 2.75) is 13.8 Å². The van der Waals surface area contributed by atoms with Gasteiger partial charge in [0.2, 0.25) is 0 Å². The molecule has 0 aliphatic heterocycles. The summed E-state index contributed by atoms with van der Waals surface area (Å²) in [6.07, 6.45) is 1.81. The number of rotatable bonds is 2. The number of benzene rings is 1. The Morgan fingerprint density at radius 2 is 2.04 bits per heavy atom. The van der Waals surface area contributed by atoms with Gasteiger partial charge in [0.15, 0.2) is 5.65 Å². The van der Waals surface area contributed by atoms with E-state index in [0.717, 1.165) is 28.1 Å². The zero-order valence-corrected chi connectivity index (χ0v) is 12.8. The molecule has 0 aliphatic rings. The van der Waals surface area contributed by atoms with Gasteiger partial charge in [0.1, 0.15) is 5.82 Å². The standard InChI is InChI=1S/C17H15N5O/c1-10-8-13-14(18-10)4-3-5-15(13)19-17(23)12-6-7-22-11(2)20-21-16(22)9-12/h3-9,18H,1-2H3,(H,19,23). The number of hydrogen-bond acceptors (Lipinski definition) is 3. The molecule has 0 unspecified atom stereocenters. The zero-order valence-electron chi connectivity index (χ0n) is 12.8. The van der Waals surface area contributed by atoms with E-state index in [1.54, 1.807) is 18.3 Å². The van der Waals surface area contributed by atoms with Crippen molar-refractivity contribution in [3.05, 3.63) is 59.7 Å². The number of aromatic amines is 1. The maximum atomic E-state index is 12.5. The summed E-state index contributed by atoms with van der Waals surface area (Å²) in [5, 5.41) is 12.0. The summed E-state index contributed by atoms with van der Waals surface area (Å²) in [6, 6.07) is 11.3. The molecule has 2 N–H and O–H groups in total. The first-order valence-electron chi connectivity index (χ1n) is 7.33. The van der Waals surface area contributed by atoms with Crippen LogP contribution < -0.4 is 5.32 Å². The maximum absolute atomic E-state index is 12.5. The Hall–Kier alpha value is -3.15. The van der Waals surface area contributed by atoms with Crippen molar-refractivity contribution in [3.8, 4) is 0 Å². The van der Waals surface area contributed by atoms with Gasteiger partial charge < -0.3 is 10.3 Å². The maximum Gasteiger partial charge on any atom is 0.255 e. The van der Waals surface area contributed by atoms with Crippen LogP contribution in [0.25, 0.3) is 16.6 Å². The van der Waals surface area contributed by atoms with Crippen molar-refractivity contribution in [3.63, 3.8) is 0 Å². The Morgan fingerprint density at radius 3 is 2.91 bits per heavy atom. The average molecular weight is 305 g/mol. The number of aromatic nitrogens is 4. The average Bonchev–Trinajstić information content (AvgIpc) is 3.10. The molecule has 4 aromatic rings. The first-order chi connectivity index (χ1) is 11.1. The normalized spacial score (nSPS) is 11.2. The molecule has 114 valence electrons. The molecule has 1 aromatic carbocycles. The van der Waals surface area contributed by atoms with Gasteiger partial charge in [-0.15, -0.1) is 10.2 Å². The number of pyridine rings is 1. The van der Waals surface area contributed by atoms with Crippen molar-refractivity contribution < 1.29 is 4.79 Å². The van der Waals surface area contributed by atoms with Gasteiger partial charge in [-0.25, -0.2) is 0 Å². The Bertz CT molecular complexity index is 1040. The Labute approximate surface area is 132 Å². The fourth-order valence-electron chi connectivity index (χ4n) is 2.75. The Kier molecular flexibility index (Phi) is 2.90. The summed E-state index contributed by atoms with van der Waals surface area (Å²) < 4.78 is 1.84. The summed E-state index contributed by atoms with van der Waals surface area (Å²) in [5.41, 5.74) is 4.06. The second-order valence-corrected chi connectivity index (χ2v) is 5.56. The number of nitrogens with zero attached hydrogens (tertiary/aromatic N) is 3. The van der Waals surface area contributed by atoms with Crippen LogP contribution in [-0.4, -0.2) is 25.5 Å². The Morgan fingerprint density at radius 1 is 1.17 bits per heavy atom. The number of H-pyrrole nitrogens is 1. The third kappa shape index (κ3) is 2.24. The molecule has 6 heteroatoms. The zero-order chi connectivity index (χ0) is 16.0. The minimum absolute atomic E-state index is 0.167. The van der Waals surface area contributed by atoms with E-state index < -0.39 is 0 Å². The van der Waals surface area contributed by atoms with Crippen molar-refractivity contribution in [2.24, 2.45) is 0 Å². The summed E-state index contributed by atoms with van der Waals surface area (Å²) in [4.78, 5) is 15.8. The number of carbonyl (C=O) groups is 1. The lowest BCUT2D eigenvalue weighted by molar-refractivity contribution is 0.102. The summed E-state index contributed by atoms with van der Waals surface area (Å²) in [6.45, 7) is 3.86. The van der Waals surface area contributed by atoms with Gasteiger partial charge in [0.05, 0.1) is 5.69 Å². The fourth-order valence-corrected chi connectivity index (χ4v) is 2.75. The van der Waals surface area contributed by atoms with E-state index in [2.05, 4.69) is 20.5 Å². The van der Waals surface area contributed by atoms with Gasteiger partial charge in [-0.2, -0.15) is 0 Å². The number of amides is 1. The number of aryl methyl sites for hydroxylation is 2. The van der Waals surface area contributed by atoms with Crippen LogP contribution in [0, 0.1) is 13.8 Å². The highest BCUT2D eigenvalue weighted by atomic mass is 16.1. The predicted molar refractivity (Wildman–Crippen MR) is 88.7 cm³/mol. The van der Waals surface area contributed by atoms with Crippen molar-refractivity contribution >= 4 is 28.1 Å². The first-order valence-corrected chi connectivity index (χ1v) is 7.33. The molecule has 0 saturated heterocycles. The number of nitrogens with one attached hydrogen (secondary N) is 2. The molecular weight excluding hydrogens is 290 g/mol. The highest BCUT2D eigenvalue weighted by molar-refractivity contribution is 6.09. The molecular formula is C17H15N5O. The molecule has 0 fully saturated rings. The fraction of sp³-hybridized carbons (Fsp3) is 0.118. The Balaban J connectivity index is 1.70. The molecule has 6 nitrogen and oxygen atoms in total. The molecule has 0 bridgehead atoms. The molecule has 0 saturated carbocycles. The third-order valence-electron chi connectivity index (χ3n) is 3.89. The van der Waals surface area contributed by atoms with E-state index in [0.29, 0.717) is 11.2 Å².